The molecule has 3 rings (SSSR count). The zero-order valence-electron chi connectivity index (χ0n) is 15.2. The Hall–Kier alpha value is -2.08. The summed E-state index contributed by atoms with van der Waals surface area (Å²) in [5, 5.41) is 0. The van der Waals surface area contributed by atoms with Gasteiger partial charge in [-0.3, -0.25) is 0 Å². The smallest absolute Gasteiger partial charge is 0.0452 e. The van der Waals surface area contributed by atoms with E-state index in [1.54, 1.807) is 0 Å². The Kier molecular flexibility index (Phi) is 4.76. The van der Waals surface area contributed by atoms with Crippen molar-refractivity contribution in [3.63, 3.8) is 0 Å². The first-order chi connectivity index (χ1) is 11.6. The number of rotatable bonds is 4. The molecular formula is C24H28. The molecule has 0 amide bonds. The number of hydrogen-bond donors (Lipinski definition) is 0. The van der Waals surface area contributed by atoms with Crippen molar-refractivity contribution in [2.24, 2.45) is 17.8 Å². The van der Waals surface area contributed by atoms with Crippen LogP contribution in [0.15, 0.2) is 84.5 Å². The largest absolute Gasteiger partial charge is 0.0793 e. The maximum absolute atomic E-state index is 2.53. The van der Waals surface area contributed by atoms with Crippen molar-refractivity contribution in [3.05, 3.63) is 95.6 Å². The second-order valence-corrected chi connectivity index (χ2v) is 7.53. The Morgan fingerprint density at radius 3 is 1.67 bits per heavy atom. The highest BCUT2D eigenvalue weighted by Gasteiger charge is 2.42. The molecule has 0 N–H and O–H groups in total. The average molecular weight is 316 g/mol. The maximum atomic E-state index is 2.53. The molecule has 124 valence electrons. The van der Waals surface area contributed by atoms with Gasteiger partial charge in [-0.1, -0.05) is 107 Å². The Morgan fingerprint density at radius 2 is 1.25 bits per heavy atom. The molecule has 0 heteroatoms. The van der Waals surface area contributed by atoms with Gasteiger partial charge in [-0.15, -0.1) is 0 Å². The number of benzene rings is 2. The quantitative estimate of drug-likeness (QED) is 0.612. The Labute approximate surface area is 146 Å². The molecule has 1 atom stereocenters. The van der Waals surface area contributed by atoms with Crippen LogP contribution in [0.25, 0.3) is 0 Å². The van der Waals surface area contributed by atoms with Gasteiger partial charge in [-0.25, -0.2) is 0 Å². The molecule has 0 radical (unpaired) electrons. The van der Waals surface area contributed by atoms with Crippen LogP contribution in [-0.4, -0.2) is 0 Å². The van der Waals surface area contributed by atoms with Crippen LogP contribution < -0.4 is 0 Å². The molecular weight excluding hydrogens is 288 g/mol. The van der Waals surface area contributed by atoms with Crippen LogP contribution in [0.2, 0.25) is 0 Å². The summed E-state index contributed by atoms with van der Waals surface area (Å²) in [6.45, 7) is 9.24. The molecule has 24 heavy (non-hydrogen) atoms. The summed E-state index contributed by atoms with van der Waals surface area (Å²) in [6, 6.07) is 22.0. The molecule has 0 nitrogen and oxygen atoms in total. The highest BCUT2D eigenvalue weighted by molar-refractivity contribution is 5.51. The van der Waals surface area contributed by atoms with Gasteiger partial charge in [0, 0.05) is 5.41 Å². The third kappa shape index (κ3) is 2.86. The molecule has 0 aromatic heterocycles. The minimum absolute atomic E-state index is 0.0922. The fourth-order valence-electron chi connectivity index (χ4n) is 4.03. The number of hydrogen-bond acceptors (Lipinski definition) is 0. The van der Waals surface area contributed by atoms with Crippen LogP contribution in [0.4, 0.5) is 0 Å². The first kappa shape index (κ1) is 16.8. The zero-order chi connectivity index (χ0) is 17.2. The molecule has 1 aliphatic rings. The van der Waals surface area contributed by atoms with Crippen LogP contribution >= 0.6 is 0 Å². The van der Waals surface area contributed by atoms with E-state index < -0.39 is 0 Å². The van der Waals surface area contributed by atoms with Crippen molar-refractivity contribution in [2.45, 2.75) is 33.1 Å². The van der Waals surface area contributed by atoms with Gasteiger partial charge in [-0.05, 0) is 34.5 Å². The van der Waals surface area contributed by atoms with Gasteiger partial charge in [0.2, 0.25) is 0 Å². The Balaban J connectivity index is 2.31. The Bertz CT molecular complexity index is 678. The summed E-state index contributed by atoms with van der Waals surface area (Å²) in [6.07, 6.45) is 7.33. The van der Waals surface area contributed by atoms with Crippen molar-refractivity contribution in [2.75, 3.05) is 0 Å². The lowest BCUT2D eigenvalue weighted by molar-refractivity contribution is 0.346. The van der Waals surface area contributed by atoms with E-state index in [1.165, 1.54) is 16.7 Å². The van der Waals surface area contributed by atoms with E-state index in [2.05, 4.69) is 107 Å². The zero-order valence-corrected chi connectivity index (χ0v) is 15.2. The normalized spacial score (nSPS) is 19.6. The van der Waals surface area contributed by atoms with E-state index in [0.29, 0.717) is 17.8 Å². The summed E-state index contributed by atoms with van der Waals surface area (Å²) in [4.78, 5) is 0. The number of allylic oxidation sites excluding steroid dienone is 4. The fraction of sp³-hybridized carbons (Fsp3) is 0.333. The molecule has 2 aromatic rings. The van der Waals surface area contributed by atoms with Gasteiger partial charge in [-0.2, -0.15) is 0 Å². The van der Waals surface area contributed by atoms with Crippen molar-refractivity contribution >= 4 is 0 Å². The lowest BCUT2D eigenvalue weighted by Gasteiger charge is -2.43. The minimum Gasteiger partial charge on any atom is -0.0793 e. The van der Waals surface area contributed by atoms with Gasteiger partial charge in [0.25, 0.3) is 0 Å². The highest BCUT2D eigenvalue weighted by atomic mass is 14.4. The van der Waals surface area contributed by atoms with Gasteiger partial charge in [0.1, 0.15) is 0 Å². The van der Waals surface area contributed by atoms with E-state index in [1.807, 2.05) is 0 Å². The molecule has 0 bridgehead atoms. The summed E-state index contributed by atoms with van der Waals surface area (Å²) < 4.78 is 0. The first-order valence-corrected chi connectivity index (χ1v) is 9.07. The molecule has 1 unspecified atom stereocenters. The van der Waals surface area contributed by atoms with E-state index >= 15 is 0 Å². The SMILES string of the molecule is CC(C)C1=CC(c2ccccc2)(c2ccccc2)C(C(C)C)C=C1. The van der Waals surface area contributed by atoms with Crippen molar-refractivity contribution in [3.8, 4) is 0 Å². The van der Waals surface area contributed by atoms with Crippen LogP contribution in [0.5, 0.6) is 0 Å². The lowest BCUT2D eigenvalue weighted by Crippen LogP contribution is -2.39. The second kappa shape index (κ2) is 6.81. The third-order valence-corrected chi connectivity index (χ3v) is 5.30. The third-order valence-electron chi connectivity index (χ3n) is 5.30. The van der Waals surface area contributed by atoms with E-state index in [0.717, 1.165) is 0 Å². The first-order valence-electron chi connectivity index (χ1n) is 9.07. The summed E-state index contributed by atoms with van der Waals surface area (Å²) >= 11 is 0. The van der Waals surface area contributed by atoms with Crippen molar-refractivity contribution in [1.82, 2.24) is 0 Å². The van der Waals surface area contributed by atoms with Crippen molar-refractivity contribution in [1.29, 1.82) is 0 Å². The molecule has 0 aliphatic heterocycles. The van der Waals surface area contributed by atoms with Crippen LogP contribution in [-0.2, 0) is 5.41 Å². The maximum Gasteiger partial charge on any atom is 0.0452 e. The second-order valence-electron chi connectivity index (χ2n) is 7.53. The van der Waals surface area contributed by atoms with Crippen LogP contribution in [0.3, 0.4) is 0 Å². The molecule has 0 heterocycles. The van der Waals surface area contributed by atoms with Crippen LogP contribution in [0, 0.1) is 17.8 Å². The monoisotopic (exact) mass is 316 g/mol. The van der Waals surface area contributed by atoms with Gasteiger partial charge < -0.3 is 0 Å². The molecule has 1 aliphatic carbocycles. The van der Waals surface area contributed by atoms with Crippen molar-refractivity contribution < 1.29 is 0 Å². The molecule has 0 spiro atoms. The predicted octanol–water partition coefficient (Wildman–Crippen LogP) is 6.40. The van der Waals surface area contributed by atoms with Gasteiger partial charge >= 0.3 is 0 Å². The van der Waals surface area contributed by atoms with E-state index in [4.69, 9.17) is 0 Å². The summed E-state index contributed by atoms with van der Waals surface area (Å²) in [7, 11) is 0. The van der Waals surface area contributed by atoms with Gasteiger partial charge in [0.15, 0.2) is 0 Å². The minimum atomic E-state index is -0.0922. The average Bonchev–Trinajstić information content (AvgIpc) is 2.62. The topological polar surface area (TPSA) is 0 Å². The fourth-order valence-corrected chi connectivity index (χ4v) is 4.03. The summed E-state index contributed by atoms with van der Waals surface area (Å²) in [5.41, 5.74) is 4.11. The van der Waals surface area contributed by atoms with E-state index in [9.17, 15) is 0 Å². The molecule has 0 saturated carbocycles. The Morgan fingerprint density at radius 1 is 0.750 bits per heavy atom. The molecule has 0 fully saturated rings. The lowest BCUT2D eigenvalue weighted by atomic mass is 9.59. The molecule has 0 saturated heterocycles. The van der Waals surface area contributed by atoms with E-state index in [-0.39, 0.29) is 5.41 Å². The van der Waals surface area contributed by atoms with Gasteiger partial charge in [0.05, 0.1) is 0 Å². The van der Waals surface area contributed by atoms with Crippen LogP contribution in [0.1, 0.15) is 38.8 Å². The standard InChI is InChI=1S/C24H28/c1-18(2)20-15-16-23(19(3)4)24(17-20,21-11-7-5-8-12-21)22-13-9-6-10-14-22/h5-19,23H,1-4H3. The molecule has 2 aromatic carbocycles. The predicted molar refractivity (Wildman–Crippen MR) is 104 cm³/mol. The highest BCUT2D eigenvalue weighted by Crippen LogP contribution is 2.48. The summed E-state index contributed by atoms with van der Waals surface area (Å²) in [5.74, 6) is 1.54.